The van der Waals surface area contributed by atoms with Gasteiger partial charge in [0.15, 0.2) is 6.10 Å². The topological polar surface area (TPSA) is 197 Å². The van der Waals surface area contributed by atoms with Crippen LogP contribution in [0, 0.1) is 0 Å². The van der Waals surface area contributed by atoms with Crippen molar-refractivity contribution in [1.82, 2.24) is 30.4 Å². The number of carboxylic acids is 1. The molecule has 2 aliphatic rings. The van der Waals surface area contributed by atoms with Crippen molar-refractivity contribution in [3.8, 4) is 0 Å². The number of hydrogen-bond acceptors (Lipinski definition) is 12. The lowest BCUT2D eigenvalue weighted by atomic mass is 10.0. The number of nitrogens with zero attached hydrogens (tertiary/aromatic N) is 5. The van der Waals surface area contributed by atoms with Crippen molar-refractivity contribution in [3.63, 3.8) is 0 Å². The van der Waals surface area contributed by atoms with E-state index in [4.69, 9.17) is 4.52 Å². The Hall–Kier alpha value is -2.27. The number of nitrogens with one attached hydrogen (secondary N) is 1. The van der Waals surface area contributed by atoms with Crippen LogP contribution in [0.5, 0.6) is 0 Å². The number of tetrazole rings is 1. The van der Waals surface area contributed by atoms with Crippen LogP contribution in [0.2, 0.25) is 0 Å². The quantitative estimate of drug-likeness (QED) is 0.164. The zero-order chi connectivity index (χ0) is 26.0. The zero-order valence-electron chi connectivity index (χ0n) is 18.6. The van der Waals surface area contributed by atoms with Gasteiger partial charge in [0.2, 0.25) is 5.16 Å². The summed E-state index contributed by atoms with van der Waals surface area (Å²) in [6.45, 7) is 1.61. The maximum Gasteiger partial charge on any atom is 0.352 e. The number of carbonyl (C=O) groups excluding carboxylic acids is 2. The summed E-state index contributed by atoms with van der Waals surface area (Å²) in [6, 6.07) is 2.32. The molecule has 0 saturated carbocycles. The second-order valence-corrected chi connectivity index (χ2v) is 12.4. The van der Waals surface area contributed by atoms with Crippen molar-refractivity contribution >= 4 is 60.2 Å². The number of fused-ring (bicyclic) bond motifs is 1. The molecule has 2 aromatic heterocycles. The maximum atomic E-state index is 12.8. The van der Waals surface area contributed by atoms with Gasteiger partial charge in [-0.25, -0.2) is 9.48 Å². The fourth-order valence-corrected chi connectivity index (χ4v) is 7.73. The molecule has 36 heavy (non-hydrogen) atoms. The van der Waals surface area contributed by atoms with Crippen molar-refractivity contribution in [3.05, 3.63) is 33.7 Å². The number of aliphatic hydroxyl groups excluding tert-OH is 1. The van der Waals surface area contributed by atoms with Gasteiger partial charge in [-0.15, -0.1) is 28.2 Å². The Balaban J connectivity index is 1.44. The summed E-state index contributed by atoms with van der Waals surface area (Å²) in [5, 5.41) is 34.8. The summed E-state index contributed by atoms with van der Waals surface area (Å²) in [7, 11) is -3.96. The van der Waals surface area contributed by atoms with E-state index in [-0.39, 0.29) is 29.0 Å². The molecule has 4 rings (SSSR count). The van der Waals surface area contributed by atoms with Gasteiger partial charge in [-0.2, -0.15) is 0 Å². The van der Waals surface area contributed by atoms with Crippen LogP contribution in [0.25, 0.3) is 0 Å². The zero-order valence-corrected chi connectivity index (χ0v) is 21.9. The number of thiophene rings is 1. The minimum absolute atomic E-state index is 0.0317. The first kappa shape index (κ1) is 26.8. The highest BCUT2D eigenvalue weighted by Crippen LogP contribution is 2.44. The van der Waals surface area contributed by atoms with Crippen LogP contribution in [0.1, 0.15) is 17.9 Å². The van der Waals surface area contributed by atoms with Crippen molar-refractivity contribution < 1.29 is 38.6 Å². The lowest BCUT2D eigenvalue weighted by Gasteiger charge is -2.49. The Morgan fingerprint density at radius 2 is 2.22 bits per heavy atom. The predicted molar refractivity (Wildman–Crippen MR) is 129 cm³/mol. The monoisotopic (exact) mass is 576 g/mol. The summed E-state index contributed by atoms with van der Waals surface area (Å²) < 4.78 is 18.0. The summed E-state index contributed by atoms with van der Waals surface area (Å²) in [5.41, 5.74) is 0.235. The summed E-state index contributed by atoms with van der Waals surface area (Å²) in [6.07, 6.45) is -1.90. The Morgan fingerprint density at radius 3 is 2.89 bits per heavy atom. The Bertz CT molecular complexity index is 1240. The number of aliphatic carboxylic acids is 1. The third kappa shape index (κ3) is 5.51. The maximum absolute atomic E-state index is 12.8. The van der Waals surface area contributed by atoms with Crippen molar-refractivity contribution in [2.24, 2.45) is 0 Å². The number of rotatable bonds is 11. The van der Waals surface area contributed by atoms with Gasteiger partial charge in [-0.3, -0.25) is 19.1 Å². The molecule has 1 fully saturated rings. The first-order chi connectivity index (χ1) is 17.1. The van der Waals surface area contributed by atoms with Gasteiger partial charge in [-0.1, -0.05) is 17.8 Å². The van der Waals surface area contributed by atoms with E-state index in [2.05, 4.69) is 20.8 Å². The van der Waals surface area contributed by atoms with E-state index < -0.39 is 49.2 Å². The number of aliphatic hydroxyl groups is 1. The number of thioether (sulfide) groups is 2. The fourth-order valence-electron chi connectivity index (χ4n) is 3.55. The molecule has 4 atom stereocenters. The van der Waals surface area contributed by atoms with Gasteiger partial charge < -0.3 is 24.9 Å². The molecule has 1 saturated heterocycles. The molecule has 2 aliphatic heterocycles. The van der Waals surface area contributed by atoms with E-state index >= 15 is 0 Å². The van der Waals surface area contributed by atoms with Crippen LogP contribution >= 0.6 is 42.5 Å². The Morgan fingerprint density at radius 1 is 1.44 bits per heavy atom. The van der Waals surface area contributed by atoms with Gasteiger partial charge in [-0.05, 0) is 34.4 Å². The Labute approximate surface area is 216 Å². The molecular formula is C18H21N6O8PS3. The number of aromatic nitrogens is 4. The third-order valence-electron chi connectivity index (χ3n) is 5.13. The smallest absolute Gasteiger partial charge is 0.352 e. The van der Waals surface area contributed by atoms with E-state index in [0.717, 1.165) is 21.3 Å². The van der Waals surface area contributed by atoms with Gasteiger partial charge in [0, 0.05) is 16.4 Å². The van der Waals surface area contributed by atoms with Crippen molar-refractivity contribution in [1.29, 1.82) is 0 Å². The molecule has 0 bridgehead atoms. The van der Waals surface area contributed by atoms with Crippen molar-refractivity contribution in [2.75, 3.05) is 18.1 Å². The second-order valence-electron chi connectivity index (χ2n) is 7.52. The lowest BCUT2D eigenvalue weighted by molar-refractivity contribution is -0.151. The molecule has 0 spiro atoms. The predicted octanol–water partition coefficient (Wildman–Crippen LogP) is 0.478. The molecule has 4 N–H and O–H groups in total. The molecule has 2 amide bonds. The van der Waals surface area contributed by atoms with Crippen LogP contribution in [-0.2, 0) is 29.8 Å². The van der Waals surface area contributed by atoms with Gasteiger partial charge in [0.05, 0.1) is 6.61 Å². The third-order valence-corrected chi connectivity index (χ3v) is 9.72. The molecule has 194 valence electrons. The number of carbonyl (C=O) groups is 3. The molecule has 18 heteroatoms. The van der Waals surface area contributed by atoms with Crippen LogP contribution in [0.4, 0.5) is 0 Å². The standard InChI is InChI=1S/C18H21N6O8PS3/c1-2-32-33(30,31)8-23-18(20-21-22-23)36-7-9-6-35-16-11(15(27)24(16)12(9)17(28)29)19-14(26)13(25)10-4-3-5-34-10/h3-5,11,13,16,25H,2,6-8H2,1H3,(H,19,26)(H,28,29)(H,30,31)/t11-,13?,16-/m1/s1. The molecular weight excluding hydrogens is 555 g/mol. The number of amides is 2. The highest BCUT2D eigenvalue weighted by Gasteiger charge is 2.54. The molecule has 0 aromatic carbocycles. The molecule has 0 radical (unpaired) electrons. The van der Waals surface area contributed by atoms with Gasteiger partial charge >= 0.3 is 13.6 Å². The summed E-state index contributed by atoms with van der Waals surface area (Å²) in [5.74, 6) is -2.28. The average molecular weight is 577 g/mol. The summed E-state index contributed by atoms with van der Waals surface area (Å²) in [4.78, 5) is 48.7. The molecule has 2 aromatic rings. The van der Waals surface area contributed by atoms with E-state index in [1.807, 2.05) is 0 Å². The normalized spacial score (nSPS) is 22.0. The largest absolute Gasteiger partial charge is 0.477 e. The van der Waals surface area contributed by atoms with E-state index in [1.54, 1.807) is 24.4 Å². The minimum Gasteiger partial charge on any atom is -0.477 e. The average Bonchev–Trinajstić information content (AvgIpc) is 3.51. The SMILES string of the molecule is CCOP(=O)(O)Cn1nnnc1SCC1=C(C(=O)O)N2C(=O)[C@@H](NC(=O)C(O)c3cccs3)[C@H]2SC1. The number of hydrogen-bond donors (Lipinski definition) is 4. The van der Waals surface area contributed by atoms with Crippen LogP contribution < -0.4 is 5.32 Å². The van der Waals surface area contributed by atoms with Crippen LogP contribution in [0.3, 0.4) is 0 Å². The fraction of sp³-hybridized carbons (Fsp3) is 0.444. The van der Waals surface area contributed by atoms with E-state index in [0.29, 0.717) is 10.5 Å². The second kappa shape index (κ2) is 11.0. The Kier molecular flexibility index (Phi) is 8.18. The highest BCUT2D eigenvalue weighted by molar-refractivity contribution is 8.01. The molecule has 4 heterocycles. The lowest BCUT2D eigenvalue weighted by Crippen LogP contribution is -2.70. The van der Waals surface area contributed by atoms with E-state index in [1.165, 1.54) is 23.1 Å². The number of carboxylic acid groups (broad SMARTS) is 1. The first-order valence-corrected chi connectivity index (χ1v) is 15.1. The minimum atomic E-state index is -3.96. The van der Waals surface area contributed by atoms with Gasteiger partial charge in [0.1, 0.15) is 23.4 Å². The number of β-lactam (4-membered cyclic amide) rings is 1. The molecule has 2 unspecified atom stereocenters. The summed E-state index contributed by atoms with van der Waals surface area (Å²) >= 11 is 3.52. The molecule has 0 aliphatic carbocycles. The highest BCUT2D eigenvalue weighted by atomic mass is 32.2. The van der Waals surface area contributed by atoms with Gasteiger partial charge in [0.25, 0.3) is 11.8 Å². The van der Waals surface area contributed by atoms with Crippen LogP contribution in [0.15, 0.2) is 33.9 Å². The van der Waals surface area contributed by atoms with E-state index in [9.17, 15) is 34.1 Å². The van der Waals surface area contributed by atoms with Crippen molar-refractivity contribution in [2.45, 2.75) is 35.9 Å². The first-order valence-electron chi connectivity index (χ1n) is 10.4. The molecule has 14 nitrogen and oxygen atoms in total. The van der Waals surface area contributed by atoms with Crippen LogP contribution in [-0.4, -0.2) is 87.5 Å².